The summed E-state index contributed by atoms with van der Waals surface area (Å²) in [6.07, 6.45) is -0.349. The number of nitro groups is 1. The van der Waals surface area contributed by atoms with Gasteiger partial charge in [0.2, 0.25) is 0 Å². The van der Waals surface area contributed by atoms with Gasteiger partial charge in [-0.05, 0) is 65.3 Å². The number of pyridine rings is 1. The van der Waals surface area contributed by atoms with E-state index in [9.17, 15) is 19.7 Å². The number of carbonyl (C=O) groups is 2. The minimum Gasteiger partial charge on any atom is -0.443 e. The van der Waals surface area contributed by atoms with Crippen LogP contribution in [0.15, 0.2) is 42.6 Å². The zero-order chi connectivity index (χ0) is 24.6. The fraction of sp³-hybridized carbons (Fsp3) is 0.364. The maximum Gasteiger partial charge on any atom is 0.425 e. The first-order valence-electron chi connectivity index (χ1n) is 10.1. The number of rotatable bonds is 3. The molecule has 0 aliphatic heterocycles. The van der Waals surface area contributed by atoms with Gasteiger partial charge in [-0.25, -0.2) is 14.1 Å². The third-order valence-corrected chi connectivity index (χ3v) is 4.18. The van der Waals surface area contributed by atoms with Crippen LogP contribution in [0.2, 0.25) is 0 Å². The van der Waals surface area contributed by atoms with Crippen molar-refractivity contribution in [3.05, 3.63) is 52.7 Å². The minimum absolute atomic E-state index is 0.0679. The van der Waals surface area contributed by atoms with E-state index in [1.807, 2.05) is 0 Å². The van der Waals surface area contributed by atoms with Crippen molar-refractivity contribution in [3.63, 3.8) is 0 Å². The molecule has 11 nitrogen and oxygen atoms in total. The van der Waals surface area contributed by atoms with Crippen LogP contribution < -0.4 is 4.90 Å². The van der Waals surface area contributed by atoms with Crippen molar-refractivity contribution in [1.82, 2.24) is 14.8 Å². The molecule has 2 aromatic heterocycles. The number of non-ortho nitro benzene ring substituents is 1. The second-order valence-electron chi connectivity index (χ2n) is 9.23. The number of nitrogens with zero attached hydrogens (tertiary/aromatic N) is 5. The van der Waals surface area contributed by atoms with Crippen LogP contribution in [0, 0.1) is 10.1 Å². The molecule has 33 heavy (non-hydrogen) atoms. The minimum atomic E-state index is -0.974. The predicted octanol–water partition coefficient (Wildman–Crippen LogP) is 4.98. The Morgan fingerprint density at radius 3 is 2.00 bits per heavy atom. The quantitative estimate of drug-likeness (QED) is 0.399. The number of fused-ring (bicyclic) bond motifs is 1. The van der Waals surface area contributed by atoms with E-state index < -0.39 is 28.3 Å². The van der Waals surface area contributed by atoms with Crippen LogP contribution in [0.5, 0.6) is 0 Å². The Kier molecular flexibility index (Phi) is 6.08. The smallest absolute Gasteiger partial charge is 0.425 e. The van der Waals surface area contributed by atoms with Gasteiger partial charge in [-0.2, -0.15) is 4.90 Å². The predicted molar refractivity (Wildman–Crippen MR) is 120 cm³/mol. The molecule has 11 heteroatoms. The van der Waals surface area contributed by atoms with E-state index in [0.29, 0.717) is 21.5 Å². The maximum atomic E-state index is 13.0. The van der Waals surface area contributed by atoms with Gasteiger partial charge in [0, 0.05) is 23.9 Å². The number of amides is 2. The molecule has 3 rings (SSSR count). The first kappa shape index (κ1) is 23.6. The zero-order valence-electron chi connectivity index (χ0n) is 19.2. The monoisotopic (exact) mass is 455 g/mol. The lowest BCUT2D eigenvalue weighted by atomic mass is 10.0. The summed E-state index contributed by atoms with van der Waals surface area (Å²) in [4.78, 5) is 37.3. The molecular formula is C22H25N5O6. The standard InChI is InChI=1S/C22H25N5O6/c1-21(2,3)32-19(28)26(20(29)33-22(4,5)6)18-17-16(8-7-13-25(17)24-23-18)14-9-11-15(12-10-14)27(30)31/h7-13H,1-6H3. The van der Waals surface area contributed by atoms with E-state index >= 15 is 0 Å². The molecule has 0 spiro atoms. The molecule has 0 fully saturated rings. The summed E-state index contributed by atoms with van der Waals surface area (Å²) in [5.74, 6) is -0.0903. The van der Waals surface area contributed by atoms with Crippen LogP contribution in [-0.4, -0.2) is 43.1 Å². The molecule has 0 saturated heterocycles. The highest BCUT2D eigenvalue weighted by Crippen LogP contribution is 2.32. The molecular weight excluding hydrogens is 430 g/mol. The average molecular weight is 455 g/mol. The fourth-order valence-corrected chi connectivity index (χ4v) is 2.94. The van der Waals surface area contributed by atoms with Crippen molar-refractivity contribution < 1.29 is 24.0 Å². The third-order valence-electron chi connectivity index (χ3n) is 4.18. The van der Waals surface area contributed by atoms with E-state index in [0.717, 1.165) is 0 Å². The van der Waals surface area contributed by atoms with E-state index in [4.69, 9.17) is 9.47 Å². The topological polar surface area (TPSA) is 129 Å². The number of ether oxygens (including phenoxy) is 2. The van der Waals surface area contributed by atoms with Gasteiger partial charge < -0.3 is 9.47 Å². The Morgan fingerprint density at radius 2 is 1.52 bits per heavy atom. The zero-order valence-corrected chi connectivity index (χ0v) is 19.2. The molecule has 2 heterocycles. The molecule has 0 atom stereocenters. The highest BCUT2D eigenvalue weighted by atomic mass is 16.6. The van der Waals surface area contributed by atoms with Crippen molar-refractivity contribution in [3.8, 4) is 11.1 Å². The van der Waals surface area contributed by atoms with Crippen molar-refractivity contribution in [2.45, 2.75) is 52.7 Å². The van der Waals surface area contributed by atoms with Crippen LogP contribution >= 0.6 is 0 Å². The molecule has 0 unspecified atom stereocenters. The molecule has 0 aliphatic carbocycles. The van der Waals surface area contributed by atoms with E-state index in [2.05, 4.69) is 10.3 Å². The van der Waals surface area contributed by atoms with E-state index in [1.54, 1.807) is 72.0 Å². The summed E-state index contributed by atoms with van der Waals surface area (Å²) in [6, 6.07) is 9.29. The van der Waals surface area contributed by atoms with Gasteiger partial charge in [0.15, 0.2) is 5.82 Å². The van der Waals surface area contributed by atoms with Gasteiger partial charge >= 0.3 is 12.2 Å². The molecule has 0 saturated carbocycles. The molecule has 2 amide bonds. The molecule has 0 bridgehead atoms. The first-order chi connectivity index (χ1) is 15.3. The van der Waals surface area contributed by atoms with Gasteiger partial charge in [0.25, 0.3) is 5.69 Å². The van der Waals surface area contributed by atoms with E-state index in [-0.39, 0.29) is 11.5 Å². The molecule has 0 radical (unpaired) electrons. The molecule has 0 aliphatic rings. The van der Waals surface area contributed by atoms with Crippen LogP contribution in [0.4, 0.5) is 21.1 Å². The summed E-state index contributed by atoms with van der Waals surface area (Å²) < 4.78 is 12.3. The van der Waals surface area contributed by atoms with Crippen LogP contribution in [0.25, 0.3) is 16.6 Å². The van der Waals surface area contributed by atoms with Gasteiger partial charge in [-0.3, -0.25) is 10.1 Å². The van der Waals surface area contributed by atoms with E-state index in [1.165, 1.54) is 16.6 Å². The number of hydrogen-bond donors (Lipinski definition) is 0. The number of nitro benzene ring substituents is 1. The highest BCUT2D eigenvalue weighted by molar-refractivity contribution is 6.12. The normalized spacial score (nSPS) is 11.8. The summed E-state index contributed by atoms with van der Waals surface area (Å²) in [5, 5.41) is 19.1. The lowest BCUT2D eigenvalue weighted by Gasteiger charge is -2.27. The number of anilines is 1. The van der Waals surface area contributed by atoms with Gasteiger partial charge in [0.05, 0.1) is 4.92 Å². The Morgan fingerprint density at radius 1 is 0.970 bits per heavy atom. The summed E-state index contributed by atoms with van der Waals surface area (Å²) in [6.45, 7) is 10.0. The number of benzene rings is 1. The Balaban J connectivity index is 2.18. The summed E-state index contributed by atoms with van der Waals surface area (Å²) in [5.41, 5.74) is -0.374. The van der Waals surface area contributed by atoms with Gasteiger partial charge in [0.1, 0.15) is 16.7 Å². The van der Waals surface area contributed by atoms with Gasteiger partial charge in [-0.1, -0.05) is 11.3 Å². The van der Waals surface area contributed by atoms with Crippen LogP contribution in [-0.2, 0) is 9.47 Å². The maximum absolute atomic E-state index is 13.0. The molecule has 1 aromatic carbocycles. The van der Waals surface area contributed by atoms with Crippen LogP contribution in [0.3, 0.4) is 0 Å². The second kappa shape index (κ2) is 8.49. The van der Waals surface area contributed by atoms with Crippen molar-refractivity contribution in [2.75, 3.05) is 4.90 Å². The Bertz CT molecular complexity index is 1180. The first-order valence-corrected chi connectivity index (χ1v) is 10.1. The molecule has 174 valence electrons. The van der Waals surface area contributed by atoms with Crippen molar-refractivity contribution in [2.24, 2.45) is 0 Å². The largest absolute Gasteiger partial charge is 0.443 e. The highest BCUT2D eigenvalue weighted by Gasteiger charge is 2.36. The van der Waals surface area contributed by atoms with Crippen molar-refractivity contribution in [1.29, 1.82) is 0 Å². The number of carbonyl (C=O) groups excluding carboxylic acids is 2. The van der Waals surface area contributed by atoms with Crippen LogP contribution in [0.1, 0.15) is 41.5 Å². The lowest BCUT2D eigenvalue weighted by Crippen LogP contribution is -2.44. The fourth-order valence-electron chi connectivity index (χ4n) is 2.94. The Hall–Kier alpha value is -4.02. The SMILES string of the molecule is CC(C)(C)OC(=O)N(C(=O)OC(C)(C)C)c1nnn2cccc(-c3ccc([N+](=O)[O-])cc3)c12. The summed E-state index contributed by atoms with van der Waals surface area (Å²) in [7, 11) is 0. The van der Waals surface area contributed by atoms with Gasteiger partial charge in [-0.15, -0.1) is 5.10 Å². The second-order valence-corrected chi connectivity index (χ2v) is 9.23. The third kappa shape index (κ3) is 5.43. The Labute approximate surface area is 190 Å². The van der Waals surface area contributed by atoms with Crippen molar-refractivity contribution >= 4 is 29.2 Å². The lowest BCUT2D eigenvalue weighted by molar-refractivity contribution is -0.384. The average Bonchev–Trinajstić information content (AvgIpc) is 3.09. The molecule has 3 aromatic rings. The number of hydrogen-bond acceptors (Lipinski definition) is 8. The molecule has 0 N–H and O–H groups in total. The number of imide groups is 1. The number of aromatic nitrogens is 3. The summed E-state index contributed by atoms with van der Waals surface area (Å²) >= 11 is 0.